The molecular weight excluding hydrogens is 338 g/mol. The van der Waals surface area contributed by atoms with Gasteiger partial charge in [0.1, 0.15) is 5.82 Å². The van der Waals surface area contributed by atoms with E-state index in [9.17, 15) is 10.1 Å². The maximum absolute atomic E-state index is 11.3. The summed E-state index contributed by atoms with van der Waals surface area (Å²) < 4.78 is 0. The first kappa shape index (κ1) is 16.7. The Kier molecular flexibility index (Phi) is 4.26. The molecule has 5 heteroatoms. The van der Waals surface area contributed by atoms with Crippen molar-refractivity contribution in [1.29, 1.82) is 0 Å². The molecule has 132 valence electrons. The number of hydrogen-bond acceptors (Lipinski definition) is 3. The Bertz CT molecular complexity index is 1050. The number of H-pyrrole nitrogens is 1. The molecule has 0 fully saturated rings. The number of hydrogen-bond donors (Lipinski definition) is 1. The average Bonchev–Trinajstić information content (AvgIpc) is 3.15. The molecule has 0 saturated carbocycles. The minimum Gasteiger partial charge on any atom is -0.337 e. The van der Waals surface area contributed by atoms with Gasteiger partial charge in [0.2, 0.25) is 0 Å². The lowest BCUT2D eigenvalue weighted by atomic mass is 10.1. The van der Waals surface area contributed by atoms with Gasteiger partial charge in [-0.3, -0.25) is 10.1 Å². The van der Waals surface area contributed by atoms with Crippen molar-refractivity contribution in [1.82, 2.24) is 9.97 Å². The van der Waals surface area contributed by atoms with E-state index in [1.165, 1.54) is 0 Å². The number of imidazole rings is 1. The van der Waals surface area contributed by atoms with Crippen molar-refractivity contribution in [3.8, 4) is 33.9 Å². The third kappa shape index (κ3) is 3.22. The van der Waals surface area contributed by atoms with E-state index < -0.39 is 0 Å². The second-order valence-corrected chi connectivity index (χ2v) is 6.30. The standard InChI is InChI=1S/C22H17N3O2/c1-15-12-13-18(14-19(15)25(26)27)22-23-20(16-8-4-2-5-9-16)21(24-22)17-10-6-3-7-11-17/h2-14H,1H3,(H,23,24). The Morgan fingerprint density at radius 2 is 1.48 bits per heavy atom. The molecule has 4 aromatic rings. The first-order valence-corrected chi connectivity index (χ1v) is 8.60. The molecular formula is C22H17N3O2. The van der Waals surface area contributed by atoms with Gasteiger partial charge in [0, 0.05) is 28.3 Å². The summed E-state index contributed by atoms with van der Waals surface area (Å²) in [6.45, 7) is 1.73. The number of aromatic nitrogens is 2. The molecule has 27 heavy (non-hydrogen) atoms. The highest BCUT2D eigenvalue weighted by Gasteiger charge is 2.18. The zero-order valence-electron chi connectivity index (χ0n) is 14.7. The lowest BCUT2D eigenvalue weighted by molar-refractivity contribution is -0.385. The van der Waals surface area contributed by atoms with Gasteiger partial charge in [-0.05, 0) is 6.92 Å². The molecule has 0 amide bonds. The molecule has 3 aromatic carbocycles. The highest BCUT2D eigenvalue weighted by atomic mass is 16.6. The summed E-state index contributed by atoms with van der Waals surface area (Å²) in [5, 5.41) is 11.3. The first-order valence-electron chi connectivity index (χ1n) is 8.60. The summed E-state index contributed by atoms with van der Waals surface area (Å²) in [6, 6.07) is 25.0. The van der Waals surface area contributed by atoms with Gasteiger partial charge < -0.3 is 4.98 Å². The average molecular weight is 355 g/mol. The quantitative estimate of drug-likeness (QED) is 0.381. The van der Waals surface area contributed by atoms with Crippen molar-refractivity contribution < 1.29 is 4.92 Å². The van der Waals surface area contributed by atoms with Crippen molar-refractivity contribution in [3.63, 3.8) is 0 Å². The van der Waals surface area contributed by atoms with Crippen molar-refractivity contribution in [2.24, 2.45) is 0 Å². The van der Waals surface area contributed by atoms with E-state index in [2.05, 4.69) is 4.98 Å². The molecule has 0 bridgehead atoms. The zero-order chi connectivity index (χ0) is 18.8. The first-order chi connectivity index (χ1) is 13.1. The molecule has 0 unspecified atom stereocenters. The van der Waals surface area contributed by atoms with Gasteiger partial charge in [-0.15, -0.1) is 0 Å². The van der Waals surface area contributed by atoms with Crippen LogP contribution in [0.2, 0.25) is 0 Å². The maximum Gasteiger partial charge on any atom is 0.273 e. The molecule has 1 aromatic heterocycles. The van der Waals surface area contributed by atoms with Gasteiger partial charge in [0.25, 0.3) is 5.69 Å². The Balaban J connectivity index is 1.90. The predicted octanol–water partition coefficient (Wildman–Crippen LogP) is 5.63. The maximum atomic E-state index is 11.3. The lowest BCUT2D eigenvalue weighted by Gasteiger charge is -2.02. The number of nitrogens with zero attached hydrogens (tertiary/aromatic N) is 2. The van der Waals surface area contributed by atoms with Gasteiger partial charge in [-0.1, -0.05) is 72.8 Å². The molecule has 5 nitrogen and oxygen atoms in total. The number of nitro benzene ring substituents is 1. The summed E-state index contributed by atoms with van der Waals surface area (Å²) in [6.07, 6.45) is 0. The van der Waals surface area contributed by atoms with E-state index in [0.29, 0.717) is 17.0 Å². The van der Waals surface area contributed by atoms with Crippen LogP contribution in [0.15, 0.2) is 78.9 Å². The molecule has 1 heterocycles. The Morgan fingerprint density at radius 3 is 2.11 bits per heavy atom. The van der Waals surface area contributed by atoms with Crippen molar-refractivity contribution in [2.45, 2.75) is 6.92 Å². The van der Waals surface area contributed by atoms with Crippen LogP contribution in [0.25, 0.3) is 33.9 Å². The fourth-order valence-electron chi connectivity index (χ4n) is 3.08. The highest BCUT2D eigenvalue weighted by Crippen LogP contribution is 2.34. The summed E-state index contributed by atoms with van der Waals surface area (Å²) in [7, 11) is 0. The van der Waals surface area contributed by atoms with Crippen molar-refractivity contribution in [2.75, 3.05) is 0 Å². The summed E-state index contributed by atoms with van der Waals surface area (Å²) >= 11 is 0. The molecule has 4 rings (SSSR count). The third-order valence-electron chi connectivity index (χ3n) is 4.49. The van der Waals surface area contributed by atoms with Gasteiger partial charge in [0.15, 0.2) is 0 Å². The molecule has 0 spiro atoms. The SMILES string of the molecule is Cc1ccc(-c2nc(-c3ccccc3)c(-c3ccccc3)[nH]2)cc1[N+](=O)[O-]. The van der Waals surface area contributed by atoms with Crippen LogP contribution in [0.4, 0.5) is 5.69 Å². The minimum absolute atomic E-state index is 0.0893. The Labute approximate surface area is 156 Å². The summed E-state index contributed by atoms with van der Waals surface area (Å²) in [4.78, 5) is 19.1. The second-order valence-electron chi connectivity index (χ2n) is 6.30. The van der Waals surface area contributed by atoms with Gasteiger partial charge >= 0.3 is 0 Å². The monoisotopic (exact) mass is 355 g/mol. The molecule has 1 N–H and O–H groups in total. The fourth-order valence-corrected chi connectivity index (χ4v) is 3.08. The van der Waals surface area contributed by atoms with Crippen LogP contribution in [0.3, 0.4) is 0 Å². The molecule has 0 aliphatic heterocycles. The van der Waals surface area contributed by atoms with Crippen LogP contribution >= 0.6 is 0 Å². The van der Waals surface area contributed by atoms with E-state index >= 15 is 0 Å². The van der Waals surface area contributed by atoms with Crippen LogP contribution in [-0.4, -0.2) is 14.9 Å². The fraction of sp³-hybridized carbons (Fsp3) is 0.0455. The van der Waals surface area contributed by atoms with Gasteiger partial charge in [-0.2, -0.15) is 0 Å². The molecule has 0 saturated heterocycles. The number of nitrogens with one attached hydrogen (secondary N) is 1. The van der Waals surface area contributed by atoms with E-state index in [1.807, 2.05) is 66.7 Å². The molecule has 0 aliphatic rings. The van der Waals surface area contributed by atoms with E-state index in [1.54, 1.807) is 19.1 Å². The number of benzene rings is 3. The summed E-state index contributed by atoms with van der Waals surface area (Å²) in [5.41, 5.74) is 5.11. The normalized spacial score (nSPS) is 10.7. The van der Waals surface area contributed by atoms with Crippen LogP contribution in [0.1, 0.15) is 5.56 Å². The van der Waals surface area contributed by atoms with E-state index in [-0.39, 0.29) is 10.6 Å². The largest absolute Gasteiger partial charge is 0.337 e. The van der Waals surface area contributed by atoms with E-state index in [4.69, 9.17) is 4.98 Å². The van der Waals surface area contributed by atoms with Crippen LogP contribution in [0, 0.1) is 17.0 Å². The van der Waals surface area contributed by atoms with Crippen molar-refractivity contribution >= 4 is 5.69 Å². The van der Waals surface area contributed by atoms with Crippen LogP contribution in [-0.2, 0) is 0 Å². The third-order valence-corrected chi connectivity index (χ3v) is 4.49. The molecule has 0 radical (unpaired) electrons. The molecule has 0 atom stereocenters. The number of nitro groups is 1. The molecule has 0 aliphatic carbocycles. The Hall–Kier alpha value is -3.73. The smallest absolute Gasteiger partial charge is 0.273 e. The van der Waals surface area contributed by atoms with Gasteiger partial charge in [-0.25, -0.2) is 4.98 Å². The van der Waals surface area contributed by atoms with E-state index in [0.717, 1.165) is 22.5 Å². The highest BCUT2D eigenvalue weighted by molar-refractivity contribution is 5.81. The second kappa shape index (κ2) is 6.88. The summed E-state index contributed by atoms with van der Waals surface area (Å²) in [5.74, 6) is 0.607. The number of aryl methyl sites for hydroxylation is 1. The number of rotatable bonds is 4. The predicted molar refractivity (Wildman–Crippen MR) is 106 cm³/mol. The van der Waals surface area contributed by atoms with Gasteiger partial charge in [0.05, 0.1) is 16.3 Å². The van der Waals surface area contributed by atoms with Crippen LogP contribution in [0.5, 0.6) is 0 Å². The topological polar surface area (TPSA) is 71.8 Å². The minimum atomic E-state index is -0.363. The van der Waals surface area contributed by atoms with Crippen LogP contribution < -0.4 is 0 Å². The van der Waals surface area contributed by atoms with Crippen molar-refractivity contribution in [3.05, 3.63) is 94.5 Å². The Morgan fingerprint density at radius 1 is 0.852 bits per heavy atom. The lowest BCUT2D eigenvalue weighted by Crippen LogP contribution is -1.92. The number of aromatic amines is 1. The zero-order valence-corrected chi connectivity index (χ0v) is 14.7.